The molecule has 2 unspecified atom stereocenters. The van der Waals surface area contributed by atoms with Crippen LogP contribution in [0.3, 0.4) is 0 Å². The smallest absolute Gasteiger partial charge is 0.122 e. The van der Waals surface area contributed by atoms with Crippen molar-refractivity contribution < 1.29 is 9.05 Å². The summed E-state index contributed by atoms with van der Waals surface area (Å²) in [5.41, 5.74) is 0. The normalized spacial score (nSPS) is 9.00. The Balaban J connectivity index is 2.80. The Labute approximate surface area is 64.5 Å². The highest BCUT2D eigenvalue weighted by atomic mass is 31.0. The van der Waals surface area contributed by atoms with Crippen LogP contribution in [0.4, 0.5) is 0 Å². The molecule has 0 amide bonds. The van der Waals surface area contributed by atoms with Gasteiger partial charge in [-0.05, 0) is 24.3 Å². The van der Waals surface area contributed by atoms with Crippen LogP contribution in [-0.2, 0) is 0 Å². The highest BCUT2D eigenvalue weighted by molar-refractivity contribution is 7.10. The van der Waals surface area contributed by atoms with Gasteiger partial charge in [0, 0.05) is 0 Å². The van der Waals surface area contributed by atoms with E-state index in [1.54, 1.807) is 0 Å². The van der Waals surface area contributed by atoms with Crippen LogP contribution in [-0.4, -0.2) is 0 Å². The van der Waals surface area contributed by atoms with Gasteiger partial charge in [0.25, 0.3) is 0 Å². The first kappa shape index (κ1) is 7.78. The van der Waals surface area contributed by atoms with Gasteiger partial charge in [-0.15, -0.1) is 0 Å². The molecule has 0 aliphatic rings. The number of benzene rings is 1. The van der Waals surface area contributed by atoms with Crippen LogP contribution in [0.25, 0.3) is 0 Å². The van der Waals surface area contributed by atoms with Gasteiger partial charge in [0.15, 0.2) is 0 Å². The summed E-state index contributed by atoms with van der Waals surface area (Å²) in [6.07, 6.45) is 0. The summed E-state index contributed by atoms with van der Waals surface area (Å²) < 4.78 is 9.74. The van der Waals surface area contributed by atoms with E-state index in [0.717, 1.165) is 11.5 Å². The maximum Gasteiger partial charge on any atom is 0.122 e. The van der Waals surface area contributed by atoms with Crippen LogP contribution in [0, 0.1) is 0 Å². The standard InChI is InChI=1S/C6H8O2P2/c9-7-5-1-2-6(8-10)4-3-5/h1-4H,9-10H2. The zero-order valence-electron chi connectivity index (χ0n) is 5.28. The summed E-state index contributed by atoms with van der Waals surface area (Å²) in [4.78, 5) is 0. The number of rotatable bonds is 2. The second-order valence-electron chi connectivity index (χ2n) is 1.71. The van der Waals surface area contributed by atoms with Gasteiger partial charge in [0.1, 0.15) is 11.5 Å². The molecule has 0 saturated carbocycles. The molecule has 4 heteroatoms. The molecule has 1 aromatic rings. The average Bonchev–Trinajstić information content (AvgIpc) is 2.05. The van der Waals surface area contributed by atoms with E-state index in [2.05, 4.69) is 18.9 Å². The molecule has 1 rings (SSSR count). The van der Waals surface area contributed by atoms with E-state index in [1.807, 2.05) is 24.3 Å². The predicted molar refractivity (Wildman–Crippen MR) is 47.1 cm³/mol. The average molecular weight is 174 g/mol. The molecule has 0 N–H and O–H groups in total. The first-order valence-electron chi connectivity index (χ1n) is 2.70. The Bertz CT molecular complexity index is 174. The lowest BCUT2D eigenvalue weighted by atomic mass is 10.3. The Morgan fingerprint density at radius 1 is 0.800 bits per heavy atom. The molecule has 54 valence electrons. The van der Waals surface area contributed by atoms with Crippen molar-refractivity contribution in [2.75, 3.05) is 0 Å². The van der Waals surface area contributed by atoms with Crippen LogP contribution < -0.4 is 9.05 Å². The lowest BCUT2D eigenvalue weighted by molar-refractivity contribution is 0.627. The van der Waals surface area contributed by atoms with E-state index in [0.29, 0.717) is 0 Å². The topological polar surface area (TPSA) is 18.5 Å². The second-order valence-corrected chi connectivity index (χ2v) is 2.18. The van der Waals surface area contributed by atoms with Crippen molar-refractivity contribution in [2.45, 2.75) is 0 Å². The molecule has 0 aliphatic heterocycles. The Morgan fingerprint density at radius 3 is 1.30 bits per heavy atom. The fraction of sp³-hybridized carbons (Fsp3) is 0. The van der Waals surface area contributed by atoms with Gasteiger partial charge in [0.05, 0.1) is 18.9 Å². The van der Waals surface area contributed by atoms with E-state index in [4.69, 9.17) is 9.05 Å². The van der Waals surface area contributed by atoms with Gasteiger partial charge < -0.3 is 9.05 Å². The van der Waals surface area contributed by atoms with Crippen molar-refractivity contribution in [1.29, 1.82) is 0 Å². The third kappa shape index (κ3) is 1.83. The molecule has 2 atom stereocenters. The molecule has 0 fully saturated rings. The third-order valence-corrected chi connectivity index (χ3v) is 1.64. The summed E-state index contributed by atoms with van der Waals surface area (Å²) in [5, 5.41) is 0. The first-order chi connectivity index (χ1) is 4.86. The summed E-state index contributed by atoms with van der Waals surface area (Å²) in [6.45, 7) is 0. The number of hydrogen-bond acceptors (Lipinski definition) is 2. The molecule has 0 aromatic heterocycles. The van der Waals surface area contributed by atoms with Gasteiger partial charge in [-0.1, -0.05) is 0 Å². The Kier molecular flexibility index (Phi) is 2.92. The zero-order valence-corrected chi connectivity index (χ0v) is 7.59. The highest BCUT2D eigenvalue weighted by Crippen LogP contribution is 2.19. The van der Waals surface area contributed by atoms with Crippen molar-refractivity contribution in [1.82, 2.24) is 0 Å². The minimum absolute atomic E-state index is 0.802. The molecule has 0 radical (unpaired) electrons. The fourth-order valence-electron chi connectivity index (χ4n) is 0.597. The van der Waals surface area contributed by atoms with Crippen molar-refractivity contribution in [2.24, 2.45) is 0 Å². The van der Waals surface area contributed by atoms with Crippen LogP contribution in [0.1, 0.15) is 0 Å². The van der Waals surface area contributed by atoms with Crippen LogP contribution in [0.5, 0.6) is 11.5 Å². The lowest BCUT2D eigenvalue weighted by Crippen LogP contribution is -1.74. The maximum atomic E-state index is 4.87. The van der Waals surface area contributed by atoms with Gasteiger partial charge >= 0.3 is 0 Å². The summed E-state index contributed by atoms with van der Waals surface area (Å²) in [7, 11) is 4.36. The summed E-state index contributed by atoms with van der Waals surface area (Å²) >= 11 is 0. The largest absolute Gasteiger partial charge is 0.480 e. The minimum atomic E-state index is 0.802. The molecule has 0 heterocycles. The SMILES string of the molecule is POc1ccc(OP)cc1. The van der Waals surface area contributed by atoms with E-state index in [-0.39, 0.29) is 0 Å². The lowest BCUT2D eigenvalue weighted by Gasteiger charge is -1.99. The van der Waals surface area contributed by atoms with Crippen molar-refractivity contribution in [3.63, 3.8) is 0 Å². The molecule has 1 aromatic carbocycles. The third-order valence-electron chi connectivity index (χ3n) is 1.10. The van der Waals surface area contributed by atoms with Crippen LogP contribution in [0.2, 0.25) is 0 Å². The van der Waals surface area contributed by atoms with Gasteiger partial charge in [-0.3, -0.25) is 0 Å². The molecule has 10 heavy (non-hydrogen) atoms. The summed E-state index contributed by atoms with van der Waals surface area (Å²) in [5.74, 6) is 1.60. The van der Waals surface area contributed by atoms with Crippen LogP contribution >= 0.6 is 18.9 Å². The first-order valence-corrected chi connectivity index (χ1v) is 3.64. The van der Waals surface area contributed by atoms with E-state index in [9.17, 15) is 0 Å². The van der Waals surface area contributed by atoms with Crippen LogP contribution in [0.15, 0.2) is 24.3 Å². The Hall–Kier alpha value is -0.320. The van der Waals surface area contributed by atoms with E-state index >= 15 is 0 Å². The molecular formula is C6H8O2P2. The van der Waals surface area contributed by atoms with Gasteiger partial charge in [-0.25, -0.2) is 0 Å². The predicted octanol–water partition coefficient (Wildman–Crippen LogP) is 2.02. The van der Waals surface area contributed by atoms with Crippen molar-refractivity contribution in [3.8, 4) is 11.5 Å². The van der Waals surface area contributed by atoms with Gasteiger partial charge in [0.2, 0.25) is 0 Å². The van der Waals surface area contributed by atoms with E-state index < -0.39 is 0 Å². The minimum Gasteiger partial charge on any atom is -0.480 e. The second kappa shape index (κ2) is 3.75. The monoisotopic (exact) mass is 174 g/mol. The zero-order chi connectivity index (χ0) is 7.40. The Morgan fingerprint density at radius 2 is 1.10 bits per heavy atom. The molecule has 0 bridgehead atoms. The van der Waals surface area contributed by atoms with E-state index in [1.165, 1.54) is 0 Å². The molecule has 0 spiro atoms. The molecule has 2 nitrogen and oxygen atoms in total. The van der Waals surface area contributed by atoms with Crippen molar-refractivity contribution >= 4 is 18.9 Å². The molecule has 0 saturated heterocycles. The molecular weight excluding hydrogens is 166 g/mol. The molecule has 0 aliphatic carbocycles. The number of hydrogen-bond donors (Lipinski definition) is 0. The quantitative estimate of drug-likeness (QED) is 0.638. The highest BCUT2D eigenvalue weighted by Gasteiger charge is 1.90. The van der Waals surface area contributed by atoms with Gasteiger partial charge in [-0.2, -0.15) is 0 Å². The summed E-state index contributed by atoms with van der Waals surface area (Å²) in [6, 6.07) is 7.30. The fourth-order valence-corrected chi connectivity index (χ4v) is 0.911. The maximum absolute atomic E-state index is 4.87. The van der Waals surface area contributed by atoms with Crippen molar-refractivity contribution in [3.05, 3.63) is 24.3 Å².